The van der Waals surface area contributed by atoms with Gasteiger partial charge in [-0.2, -0.15) is 0 Å². The van der Waals surface area contributed by atoms with Crippen LogP contribution < -0.4 is 15.4 Å². The Balaban J connectivity index is 1.68. The fraction of sp³-hybridized carbons (Fsp3) is 0.474. The van der Waals surface area contributed by atoms with E-state index in [1.807, 2.05) is 32.0 Å². The van der Waals surface area contributed by atoms with Crippen molar-refractivity contribution < 1.29 is 14.1 Å². The van der Waals surface area contributed by atoms with Crippen molar-refractivity contribution in [3.63, 3.8) is 0 Å². The summed E-state index contributed by atoms with van der Waals surface area (Å²) in [4.78, 5) is 12.1. The Kier molecular flexibility index (Phi) is 4.21. The molecule has 1 saturated carbocycles. The Hall–Kier alpha value is -2.34. The van der Waals surface area contributed by atoms with Crippen LogP contribution in [0.5, 0.6) is 5.75 Å². The summed E-state index contributed by atoms with van der Waals surface area (Å²) in [7, 11) is 0. The minimum absolute atomic E-state index is 0.0957. The van der Waals surface area contributed by atoms with E-state index >= 15 is 0 Å². The number of ether oxygens (including phenoxy) is 1. The van der Waals surface area contributed by atoms with Crippen LogP contribution in [0.25, 0.3) is 11.1 Å². The Morgan fingerprint density at radius 2 is 2.16 bits per heavy atom. The van der Waals surface area contributed by atoms with Gasteiger partial charge in [-0.15, -0.1) is 0 Å². The smallest absolute Gasteiger partial charge is 0.227 e. The Morgan fingerprint density at radius 3 is 2.80 bits per heavy atom. The number of aryl methyl sites for hydroxylation is 2. The second-order valence-electron chi connectivity index (χ2n) is 6.91. The molecule has 2 aliphatic rings. The lowest BCUT2D eigenvalue weighted by molar-refractivity contribution is -0.117. The number of nitrogens with one attached hydrogen (secondary N) is 2. The summed E-state index contributed by atoms with van der Waals surface area (Å²) >= 11 is 0. The Morgan fingerprint density at radius 1 is 1.32 bits per heavy atom. The van der Waals surface area contributed by atoms with Gasteiger partial charge in [-0.1, -0.05) is 5.16 Å². The van der Waals surface area contributed by atoms with E-state index in [0.717, 1.165) is 66.4 Å². The van der Waals surface area contributed by atoms with Crippen molar-refractivity contribution in [1.82, 2.24) is 10.5 Å². The first kappa shape index (κ1) is 16.1. The van der Waals surface area contributed by atoms with Crippen LogP contribution in [0.2, 0.25) is 0 Å². The van der Waals surface area contributed by atoms with Crippen molar-refractivity contribution in [2.75, 3.05) is 18.4 Å². The summed E-state index contributed by atoms with van der Waals surface area (Å²) in [6, 6.07) is 5.80. The molecule has 0 radical (unpaired) electrons. The zero-order valence-electron chi connectivity index (χ0n) is 14.6. The fourth-order valence-electron chi connectivity index (χ4n) is 3.27. The van der Waals surface area contributed by atoms with E-state index in [4.69, 9.17) is 9.26 Å². The van der Waals surface area contributed by atoms with Crippen LogP contribution in [-0.4, -0.2) is 30.3 Å². The van der Waals surface area contributed by atoms with Crippen LogP contribution in [-0.2, 0) is 4.79 Å². The number of hydrogen-bond acceptors (Lipinski definition) is 5. The van der Waals surface area contributed by atoms with Crippen LogP contribution in [0.1, 0.15) is 30.7 Å². The quantitative estimate of drug-likeness (QED) is 0.874. The summed E-state index contributed by atoms with van der Waals surface area (Å²) in [6.07, 6.45) is 3.11. The molecule has 2 N–H and O–H groups in total. The van der Waals surface area contributed by atoms with Crippen molar-refractivity contribution >= 4 is 11.6 Å². The first-order valence-corrected chi connectivity index (χ1v) is 8.87. The van der Waals surface area contributed by atoms with E-state index in [0.29, 0.717) is 0 Å². The van der Waals surface area contributed by atoms with Gasteiger partial charge in [0.25, 0.3) is 0 Å². The van der Waals surface area contributed by atoms with Crippen LogP contribution in [0.15, 0.2) is 22.7 Å². The van der Waals surface area contributed by atoms with Gasteiger partial charge in [0.15, 0.2) is 0 Å². The van der Waals surface area contributed by atoms with Crippen LogP contribution >= 0.6 is 0 Å². The molecule has 2 fully saturated rings. The SMILES string of the molecule is Cc1noc(C)c1-c1cc(NC(=O)C2CC2)ccc1OC1CCNC1. The average molecular weight is 341 g/mol. The summed E-state index contributed by atoms with van der Waals surface area (Å²) in [6.45, 7) is 5.63. The maximum atomic E-state index is 12.1. The first-order chi connectivity index (χ1) is 12.1. The molecule has 1 saturated heterocycles. The minimum Gasteiger partial charge on any atom is -0.488 e. The summed E-state index contributed by atoms with van der Waals surface area (Å²) < 4.78 is 11.6. The molecule has 1 amide bonds. The minimum atomic E-state index is 0.0957. The number of benzene rings is 1. The predicted molar refractivity (Wildman–Crippen MR) is 94.7 cm³/mol. The molecule has 132 valence electrons. The highest BCUT2D eigenvalue weighted by molar-refractivity contribution is 5.95. The van der Waals surface area contributed by atoms with E-state index < -0.39 is 0 Å². The van der Waals surface area contributed by atoms with Crippen molar-refractivity contribution in [1.29, 1.82) is 0 Å². The number of amides is 1. The third-order valence-corrected chi connectivity index (χ3v) is 4.81. The molecule has 1 aromatic heterocycles. The standard InChI is InChI=1S/C19H23N3O3/c1-11-18(12(2)25-22-11)16-9-14(21-19(23)13-3-4-13)5-6-17(16)24-15-7-8-20-10-15/h5-6,9,13,15,20H,3-4,7-8,10H2,1-2H3,(H,21,23). The molecule has 6 heteroatoms. The van der Waals surface area contributed by atoms with E-state index in [9.17, 15) is 4.79 Å². The number of rotatable bonds is 5. The second-order valence-corrected chi connectivity index (χ2v) is 6.91. The molecule has 0 spiro atoms. The van der Waals surface area contributed by atoms with Gasteiger partial charge in [0.2, 0.25) is 5.91 Å². The zero-order valence-corrected chi connectivity index (χ0v) is 14.6. The maximum absolute atomic E-state index is 12.1. The van der Waals surface area contributed by atoms with Crippen molar-refractivity contribution in [2.24, 2.45) is 5.92 Å². The lowest BCUT2D eigenvalue weighted by Crippen LogP contribution is -2.20. The molecular formula is C19H23N3O3. The largest absolute Gasteiger partial charge is 0.488 e. The van der Waals surface area contributed by atoms with Crippen LogP contribution in [0.3, 0.4) is 0 Å². The topological polar surface area (TPSA) is 76.4 Å². The zero-order chi connectivity index (χ0) is 17.4. The van der Waals surface area contributed by atoms with Gasteiger partial charge in [0.1, 0.15) is 17.6 Å². The van der Waals surface area contributed by atoms with Gasteiger partial charge in [0.05, 0.1) is 11.3 Å². The fourth-order valence-corrected chi connectivity index (χ4v) is 3.27. The van der Waals surface area contributed by atoms with Gasteiger partial charge >= 0.3 is 0 Å². The van der Waals surface area contributed by atoms with E-state index in [-0.39, 0.29) is 17.9 Å². The number of aromatic nitrogens is 1. The Labute approximate surface area is 146 Å². The molecule has 2 aromatic rings. The molecule has 0 bridgehead atoms. The Bertz CT molecular complexity index is 770. The molecule has 4 rings (SSSR count). The van der Waals surface area contributed by atoms with Gasteiger partial charge in [-0.25, -0.2) is 0 Å². The average Bonchev–Trinajstić information content (AvgIpc) is 3.23. The number of nitrogens with zero attached hydrogens (tertiary/aromatic N) is 1. The van der Waals surface area contributed by atoms with Crippen molar-refractivity contribution in [3.05, 3.63) is 29.7 Å². The molecule has 2 heterocycles. The normalized spacial score (nSPS) is 19.8. The number of carbonyl (C=O) groups is 1. The molecule has 1 aliphatic heterocycles. The highest BCUT2D eigenvalue weighted by Gasteiger charge is 2.30. The lowest BCUT2D eigenvalue weighted by atomic mass is 10.0. The molecule has 1 atom stereocenters. The maximum Gasteiger partial charge on any atom is 0.227 e. The van der Waals surface area contributed by atoms with Crippen molar-refractivity contribution in [3.8, 4) is 16.9 Å². The monoisotopic (exact) mass is 341 g/mol. The third-order valence-electron chi connectivity index (χ3n) is 4.81. The molecule has 1 unspecified atom stereocenters. The highest BCUT2D eigenvalue weighted by atomic mass is 16.5. The van der Waals surface area contributed by atoms with Gasteiger partial charge in [0, 0.05) is 23.7 Å². The summed E-state index contributed by atoms with van der Waals surface area (Å²) in [5.41, 5.74) is 3.45. The van der Waals surface area contributed by atoms with Crippen LogP contribution in [0.4, 0.5) is 5.69 Å². The summed E-state index contributed by atoms with van der Waals surface area (Å²) in [5, 5.41) is 10.4. The second kappa shape index (κ2) is 6.52. The van der Waals surface area contributed by atoms with Gasteiger partial charge in [-0.3, -0.25) is 4.79 Å². The predicted octanol–water partition coefficient (Wildman–Crippen LogP) is 3.05. The molecule has 1 aromatic carbocycles. The van der Waals surface area contributed by atoms with Crippen molar-refractivity contribution in [2.45, 2.75) is 39.2 Å². The highest BCUT2D eigenvalue weighted by Crippen LogP contribution is 2.38. The van der Waals surface area contributed by atoms with E-state index in [1.54, 1.807) is 0 Å². The van der Waals surface area contributed by atoms with Crippen LogP contribution in [0, 0.1) is 19.8 Å². The summed E-state index contributed by atoms with van der Waals surface area (Å²) in [5.74, 6) is 1.81. The molecule has 6 nitrogen and oxygen atoms in total. The van der Waals surface area contributed by atoms with Gasteiger partial charge < -0.3 is 19.9 Å². The molecular weight excluding hydrogens is 318 g/mol. The molecule has 1 aliphatic carbocycles. The third kappa shape index (κ3) is 3.39. The number of hydrogen-bond donors (Lipinski definition) is 2. The van der Waals surface area contributed by atoms with Gasteiger partial charge in [-0.05, 0) is 57.9 Å². The number of carbonyl (C=O) groups excluding carboxylic acids is 1. The van der Waals surface area contributed by atoms with E-state index in [1.165, 1.54) is 0 Å². The first-order valence-electron chi connectivity index (χ1n) is 8.87. The number of anilines is 1. The molecule has 25 heavy (non-hydrogen) atoms. The van der Waals surface area contributed by atoms with E-state index in [2.05, 4.69) is 15.8 Å². The lowest BCUT2D eigenvalue weighted by Gasteiger charge is -2.17.